The standard InChI is InChI=1S/C23H26N6O3S/c30-22(19-9-24-14-33-19)29-10-17(23(13-29)11-25-12-23)21-28-27-20(32-21)8-16-2-1-3-18(26-16)15-4-6-31-7-5-15/h1-3,9,14-15,17,25H,4-8,10-13H2. The third-order valence-electron chi connectivity index (χ3n) is 7.11. The molecule has 33 heavy (non-hydrogen) atoms. The Hall–Kier alpha value is -2.69. The van der Waals surface area contributed by atoms with Crippen LogP contribution in [-0.2, 0) is 11.2 Å². The first-order valence-corrected chi connectivity index (χ1v) is 12.3. The molecule has 1 amide bonds. The number of pyridine rings is 1. The molecule has 3 fully saturated rings. The van der Waals surface area contributed by atoms with Crippen molar-refractivity contribution in [1.82, 2.24) is 30.4 Å². The molecule has 3 aromatic heterocycles. The summed E-state index contributed by atoms with van der Waals surface area (Å²) < 4.78 is 11.6. The first kappa shape index (κ1) is 20.9. The van der Waals surface area contributed by atoms with Gasteiger partial charge in [0.25, 0.3) is 5.91 Å². The van der Waals surface area contributed by atoms with Gasteiger partial charge < -0.3 is 19.4 Å². The highest BCUT2D eigenvalue weighted by molar-refractivity contribution is 7.11. The van der Waals surface area contributed by atoms with Crippen molar-refractivity contribution in [2.75, 3.05) is 39.4 Å². The van der Waals surface area contributed by atoms with E-state index in [0.717, 1.165) is 50.5 Å². The number of amides is 1. The molecule has 172 valence electrons. The molecular weight excluding hydrogens is 440 g/mol. The lowest BCUT2D eigenvalue weighted by Crippen LogP contribution is -2.57. The fourth-order valence-corrected chi connectivity index (χ4v) is 5.78. The van der Waals surface area contributed by atoms with Crippen molar-refractivity contribution in [3.05, 3.63) is 58.0 Å². The minimum atomic E-state index is -0.0502. The van der Waals surface area contributed by atoms with Gasteiger partial charge >= 0.3 is 0 Å². The Labute approximate surface area is 195 Å². The zero-order valence-corrected chi connectivity index (χ0v) is 19.1. The van der Waals surface area contributed by atoms with Crippen molar-refractivity contribution in [3.63, 3.8) is 0 Å². The molecule has 3 aliphatic heterocycles. The molecule has 10 heteroatoms. The average molecular weight is 467 g/mol. The molecule has 0 aliphatic carbocycles. The van der Waals surface area contributed by atoms with Crippen LogP contribution < -0.4 is 5.32 Å². The number of hydrogen-bond acceptors (Lipinski definition) is 9. The molecular formula is C23H26N6O3S. The summed E-state index contributed by atoms with van der Waals surface area (Å²) in [7, 11) is 0. The highest BCUT2D eigenvalue weighted by atomic mass is 32.1. The fourth-order valence-electron chi connectivity index (χ4n) is 5.20. The number of rotatable bonds is 5. The van der Waals surface area contributed by atoms with E-state index in [1.54, 1.807) is 11.7 Å². The molecule has 3 saturated heterocycles. The normalized spacial score (nSPS) is 22.5. The molecule has 6 rings (SSSR count). The molecule has 0 aromatic carbocycles. The van der Waals surface area contributed by atoms with Gasteiger partial charge in [0.2, 0.25) is 11.8 Å². The van der Waals surface area contributed by atoms with Gasteiger partial charge in [0.05, 0.1) is 24.0 Å². The van der Waals surface area contributed by atoms with E-state index in [2.05, 4.69) is 32.6 Å². The predicted molar refractivity (Wildman–Crippen MR) is 120 cm³/mol. The van der Waals surface area contributed by atoms with Crippen LogP contribution in [0.3, 0.4) is 0 Å². The number of aromatic nitrogens is 4. The molecule has 1 atom stereocenters. The zero-order chi connectivity index (χ0) is 22.3. The number of ether oxygens (including phenoxy) is 1. The lowest BCUT2D eigenvalue weighted by molar-refractivity contribution is 0.0753. The van der Waals surface area contributed by atoms with E-state index < -0.39 is 0 Å². The van der Waals surface area contributed by atoms with Gasteiger partial charge in [-0.15, -0.1) is 21.5 Å². The molecule has 1 unspecified atom stereocenters. The predicted octanol–water partition coefficient (Wildman–Crippen LogP) is 2.24. The number of thiazole rings is 1. The Morgan fingerprint density at radius 3 is 2.88 bits per heavy atom. The molecule has 1 N–H and O–H groups in total. The van der Waals surface area contributed by atoms with Gasteiger partial charge in [0.15, 0.2) is 0 Å². The van der Waals surface area contributed by atoms with Crippen LogP contribution in [0.5, 0.6) is 0 Å². The lowest BCUT2D eigenvalue weighted by atomic mass is 9.73. The number of carbonyl (C=O) groups is 1. The number of carbonyl (C=O) groups excluding carboxylic acids is 1. The van der Waals surface area contributed by atoms with E-state index in [0.29, 0.717) is 42.1 Å². The second-order valence-corrected chi connectivity index (χ2v) is 10.1. The minimum absolute atomic E-state index is 0.0263. The van der Waals surface area contributed by atoms with Crippen LogP contribution >= 0.6 is 11.3 Å². The van der Waals surface area contributed by atoms with Crippen LogP contribution in [-0.4, -0.2) is 70.4 Å². The van der Waals surface area contributed by atoms with Gasteiger partial charge in [0, 0.05) is 62.1 Å². The Bertz CT molecular complexity index is 1120. The quantitative estimate of drug-likeness (QED) is 0.610. The van der Waals surface area contributed by atoms with Crippen molar-refractivity contribution >= 4 is 17.2 Å². The van der Waals surface area contributed by atoms with Gasteiger partial charge in [-0.2, -0.15) is 0 Å². The number of likely N-dealkylation sites (tertiary alicyclic amines) is 1. The van der Waals surface area contributed by atoms with Crippen LogP contribution in [0.15, 0.2) is 34.3 Å². The van der Waals surface area contributed by atoms with Crippen LogP contribution in [0.1, 0.15) is 57.5 Å². The van der Waals surface area contributed by atoms with E-state index >= 15 is 0 Å². The zero-order valence-electron chi connectivity index (χ0n) is 18.3. The SMILES string of the molecule is O=C(c1cncs1)N1CC(c2nnc(Cc3cccc(C4CCOCC4)n3)o2)C2(CNC2)C1. The van der Waals surface area contributed by atoms with Crippen molar-refractivity contribution in [2.45, 2.75) is 31.1 Å². The Morgan fingerprint density at radius 2 is 2.12 bits per heavy atom. The Kier molecular flexibility index (Phi) is 5.43. The maximum absolute atomic E-state index is 12.9. The fraction of sp³-hybridized carbons (Fsp3) is 0.522. The summed E-state index contributed by atoms with van der Waals surface area (Å²) in [6.07, 6.45) is 4.16. The Morgan fingerprint density at radius 1 is 1.24 bits per heavy atom. The molecule has 0 radical (unpaired) electrons. The van der Waals surface area contributed by atoms with E-state index in [9.17, 15) is 4.79 Å². The third kappa shape index (κ3) is 3.96. The maximum atomic E-state index is 12.9. The summed E-state index contributed by atoms with van der Waals surface area (Å²) in [5.74, 6) is 1.69. The topological polar surface area (TPSA) is 106 Å². The van der Waals surface area contributed by atoms with E-state index in [-0.39, 0.29) is 17.2 Å². The van der Waals surface area contributed by atoms with Crippen LogP contribution in [0.2, 0.25) is 0 Å². The Balaban J connectivity index is 1.18. The summed E-state index contributed by atoms with van der Waals surface area (Å²) in [5, 5.41) is 12.1. The second kappa shape index (κ2) is 8.58. The summed E-state index contributed by atoms with van der Waals surface area (Å²) in [4.78, 5) is 24.4. The molecule has 0 saturated carbocycles. The maximum Gasteiger partial charge on any atom is 0.265 e. The van der Waals surface area contributed by atoms with Crippen LogP contribution in [0.4, 0.5) is 0 Å². The van der Waals surface area contributed by atoms with E-state index in [1.165, 1.54) is 11.3 Å². The molecule has 3 aromatic rings. The third-order valence-corrected chi connectivity index (χ3v) is 7.87. The molecule has 1 spiro atoms. The summed E-state index contributed by atoms with van der Waals surface area (Å²) >= 11 is 1.37. The van der Waals surface area contributed by atoms with E-state index in [1.807, 2.05) is 11.0 Å². The molecule has 3 aliphatic rings. The molecule has 0 bridgehead atoms. The van der Waals surface area contributed by atoms with Crippen molar-refractivity contribution in [1.29, 1.82) is 0 Å². The van der Waals surface area contributed by atoms with Gasteiger partial charge in [0.1, 0.15) is 4.88 Å². The summed E-state index contributed by atoms with van der Waals surface area (Å²) in [6, 6.07) is 6.16. The largest absolute Gasteiger partial charge is 0.424 e. The van der Waals surface area contributed by atoms with Crippen molar-refractivity contribution in [2.24, 2.45) is 5.41 Å². The van der Waals surface area contributed by atoms with Gasteiger partial charge in [-0.3, -0.25) is 14.8 Å². The first-order valence-electron chi connectivity index (χ1n) is 11.4. The highest BCUT2D eigenvalue weighted by Gasteiger charge is 2.54. The van der Waals surface area contributed by atoms with Crippen molar-refractivity contribution in [3.8, 4) is 0 Å². The minimum Gasteiger partial charge on any atom is -0.424 e. The smallest absolute Gasteiger partial charge is 0.265 e. The van der Waals surface area contributed by atoms with Crippen LogP contribution in [0, 0.1) is 5.41 Å². The molecule has 9 nitrogen and oxygen atoms in total. The van der Waals surface area contributed by atoms with Crippen molar-refractivity contribution < 1.29 is 13.9 Å². The number of hydrogen-bond donors (Lipinski definition) is 1. The second-order valence-electron chi connectivity index (χ2n) is 9.22. The van der Waals surface area contributed by atoms with E-state index in [4.69, 9.17) is 14.1 Å². The molecule has 6 heterocycles. The number of nitrogens with zero attached hydrogens (tertiary/aromatic N) is 5. The summed E-state index contributed by atoms with van der Waals surface area (Å²) in [5.41, 5.74) is 3.69. The summed E-state index contributed by atoms with van der Waals surface area (Å²) in [6.45, 7) is 4.55. The number of nitrogens with one attached hydrogen (secondary N) is 1. The monoisotopic (exact) mass is 466 g/mol. The highest BCUT2D eigenvalue weighted by Crippen LogP contribution is 2.45. The van der Waals surface area contributed by atoms with Crippen LogP contribution in [0.25, 0.3) is 0 Å². The first-order chi connectivity index (χ1) is 16.2. The van der Waals surface area contributed by atoms with Gasteiger partial charge in [-0.05, 0) is 25.0 Å². The van der Waals surface area contributed by atoms with Gasteiger partial charge in [-0.25, -0.2) is 0 Å². The lowest BCUT2D eigenvalue weighted by Gasteiger charge is -2.42. The van der Waals surface area contributed by atoms with Gasteiger partial charge in [-0.1, -0.05) is 6.07 Å². The average Bonchev–Trinajstić information content (AvgIpc) is 3.58.